The van der Waals surface area contributed by atoms with Crippen molar-refractivity contribution in [3.05, 3.63) is 0 Å². The summed E-state index contributed by atoms with van der Waals surface area (Å²) in [5.41, 5.74) is -1.03. The van der Waals surface area contributed by atoms with Crippen molar-refractivity contribution in [1.82, 2.24) is 0 Å². The number of rotatable bonds is 48. The first kappa shape index (κ1) is 180. The third-order valence-corrected chi connectivity index (χ3v) is 21.8. The van der Waals surface area contributed by atoms with Crippen molar-refractivity contribution in [2.75, 3.05) is 39.6 Å². The van der Waals surface area contributed by atoms with Crippen molar-refractivity contribution in [2.24, 2.45) is 5.41 Å². The van der Waals surface area contributed by atoms with Crippen LogP contribution in [0.5, 0.6) is 0 Å². The van der Waals surface area contributed by atoms with Crippen molar-refractivity contribution in [2.45, 2.75) is 181 Å². The van der Waals surface area contributed by atoms with Gasteiger partial charge in [-0.25, -0.2) is 135 Å². The van der Waals surface area contributed by atoms with E-state index in [2.05, 4.69) is 66.9 Å². The summed E-state index contributed by atoms with van der Waals surface area (Å²) in [6.45, 7) is -9.78. The van der Waals surface area contributed by atoms with Crippen molar-refractivity contribution < 1.29 is 795 Å². The normalized spacial score (nSPS) is 28.8. The molecule has 748 valence electrons. The zero-order valence-corrected chi connectivity index (χ0v) is 121. The summed E-state index contributed by atoms with van der Waals surface area (Å²) in [4.78, 5) is 0. The minimum atomic E-state index is -7.48. The van der Waals surface area contributed by atoms with E-state index in [9.17, 15) is 208 Å². The first-order chi connectivity index (χ1) is 56.0. The predicted octanol–water partition coefficient (Wildman–Crippen LogP) is -65.6. The molecule has 0 aromatic heterocycles. The van der Waals surface area contributed by atoms with Gasteiger partial charge in [-0.05, 0) is 11.8 Å². The van der Waals surface area contributed by atoms with Crippen LogP contribution in [0.25, 0.3) is 0 Å². The summed E-state index contributed by atoms with van der Waals surface area (Å²) >= 11 is 0. The molecule has 0 saturated carbocycles. The molecule has 1 unspecified atom stereocenters. The van der Waals surface area contributed by atoms with Crippen LogP contribution in [-0.4, -0.2) is 401 Å². The molecule has 5 heterocycles. The van der Waals surface area contributed by atoms with Crippen LogP contribution in [0.4, 0.5) is 0 Å². The fourth-order valence-electron chi connectivity index (χ4n) is 10.8. The molecule has 5 rings (SSSR count). The van der Waals surface area contributed by atoms with Crippen molar-refractivity contribution in [3.63, 3.8) is 0 Å². The van der Waals surface area contributed by atoms with E-state index in [1.165, 1.54) is 20.8 Å². The number of hydrogen-bond donors (Lipinski definition) is 0. The van der Waals surface area contributed by atoms with Crippen LogP contribution in [0.15, 0.2) is 0 Å². The average molecular weight is 2550 g/mol. The molecule has 0 N–H and O–H groups in total. The molecular weight excluding hydrogens is 2500 g/mol. The van der Waals surface area contributed by atoms with E-state index in [4.69, 9.17) is 47.4 Å². The van der Waals surface area contributed by atoms with Gasteiger partial charge < -0.3 is 120 Å². The Hall–Kier alpha value is 13.5. The Morgan fingerprint density at radius 3 is 0.458 bits per heavy atom. The van der Waals surface area contributed by atoms with Crippen LogP contribution < -0.4 is 473 Å². The quantitative estimate of drug-likeness (QED) is 0.0310. The minimum absolute atomic E-state index is 0. The molecule has 0 spiro atoms. The second-order valence-corrected chi connectivity index (χ2v) is 41.3. The van der Waals surface area contributed by atoms with Crippen molar-refractivity contribution in [1.29, 1.82) is 0 Å². The first-order valence-corrected chi connectivity index (χ1v) is 51.9. The first-order valence-electron chi connectivity index (χ1n) is 30.5. The van der Waals surface area contributed by atoms with E-state index in [1.54, 1.807) is 0 Å². The molecular formula is C36H48Na16O74S16. The maximum absolute atomic E-state index is 13.2. The van der Waals surface area contributed by atoms with Gasteiger partial charge in [-0.1, -0.05) is 20.8 Å². The van der Waals surface area contributed by atoms with Crippen molar-refractivity contribution in [3.8, 4) is 0 Å². The maximum atomic E-state index is 13.2. The van der Waals surface area contributed by atoms with Crippen LogP contribution in [0, 0.1) is 5.41 Å². The zero-order chi connectivity index (χ0) is 97.3. The van der Waals surface area contributed by atoms with Crippen molar-refractivity contribution >= 4 is 166 Å². The van der Waals surface area contributed by atoms with Gasteiger partial charge in [-0.15, -0.1) is 0 Å². The average Bonchev–Trinajstić information content (AvgIpc) is 0.741. The Bertz CT molecular complexity index is 5810. The second kappa shape index (κ2) is 72.9. The summed E-state index contributed by atoms with van der Waals surface area (Å²) < 4.78 is 716. The molecule has 74 nitrogen and oxygen atoms in total. The Kier molecular flexibility index (Phi) is 92.5. The Balaban J connectivity index is -0.00000106. The summed E-state index contributed by atoms with van der Waals surface area (Å²) in [7, 11) is -111. The van der Waals surface area contributed by atoms with Gasteiger partial charge >= 0.3 is 473 Å². The van der Waals surface area contributed by atoms with Crippen LogP contribution >= 0.6 is 0 Å². The standard InChI is InChI=1S/C36H64O74S16.16Na/c1-36(2,3)4-5-85-31-26(106-122(70,71)72)21(16(100-116(52,53)54)11(91-31)6-86-111(37,38)39)96-32-27(107-123(73,74)75)22(17(101-117(55,56)57)12(92-32)7-87-112(40,41)42)97-33-28(108-124(76,77)78)23(18(102-118(58,59)60)13(93-33)8-88-113(43,44)45)98-34-29(109-125(79,80)81)24(19(103-119(61,62)63)14(94-34)9-89-114(46,47)48)99-35-30(110-126(82,83)84)25(105-121(67,68)69)20(104-120(64,65)66)15(95-35)10-90-115(49,50)51;;;;;;;;;;;;;;;;/h11-35H,4-10H2,1-3H3,(H,37,38,39)(H,40,41,42)(H,43,44,45)(H,46,47,48)(H,49,50,51)(H,52,53,54)(H,55,56,57)(H,58,59,60)(H,61,62,63)(H,64,65,66)(H,67,68,69)(H,70,71,72)(H,73,74,75)(H,76,77,78)(H,79,80,81)(H,82,83,84);;;;;;;;;;;;;;;;/q;16*+1/p-16/t11-,12-,13-,14-,15-,16-,17-,18-,19-,20-,21+,22+,23+,24+,25+,26-,27-,28-,29-,30-,31?,32+,33+,34+,35+;;;;;;;;;;;;;;;;/m1................/s1. The fourth-order valence-corrected chi connectivity index (χ4v) is 17.7. The Morgan fingerprint density at radius 1 is 0.183 bits per heavy atom. The molecule has 0 aromatic rings. The number of hydrogen-bond acceptors (Lipinski definition) is 74. The number of ether oxygens (including phenoxy) is 10. The molecule has 5 saturated heterocycles. The predicted molar refractivity (Wildman–Crippen MR) is 331 cm³/mol. The molecule has 25 atom stereocenters. The molecule has 0 radical (unpaired) electrons. The molecule has 5 aliphatic rings. The van der Waals surface area contributed by atoms with E-state index in [0.717, 1.165) is 0 Å². The summed E-state index contributed by atoms with van der Waals surface area (Å²) in [5, 5.41) is 0. The van der Waals surface area contributed by atoms with Crippen LogP contribution in [0.3, 0.4) is 0 Å². The Labute approximate surface area is 1160 Å². The van der Waals surface area contributed by atoms with Gasteiger partial charge in [-0.2, -0.15) is 0 Å². The van der Waals surface area contributed by atoms with E-state index >= 15 is 0 Å². The van der Waals surface area contributed by atoms with Gasteiger partial charge in [0.15, 0.2) is 62.0 Å². The summed E-state index contributed by atoms with van der Waals surface area (Å²) in [5.74, 6) is 0. The topological polar surface area (TPSA) is 1160 Å². The van der Waals surface area contributed by atoms with Gasteiger partial charge in [0.1, 0.15) is 91.6 Å². The van der Waals surface area contributed by atoms with Crippen LogP contribution in [-0.2, 0) is 281 Å². The van der Waals surface area contributed by atoms with Crippen LogP contribution in [0.1, 0.15) is 27.2 Å². The second-order valence-electron chi connectivity index (χ2n) is 24.9. The molecule has 5 aliphatic heterocycles. The fraction of sp³-hybridized carbons (Fsp3) is 1.00. The Morgan fingerprint density at radius 2 is 0.310 bits per heavy atom. The molecule has 0 bridgehead atoms. The molecule has 0 aromatic carbocycles. The molecule has 142 heavy (non-hydrogen) atoms. The van der Waals surface area contributed by atoms with Crippen LogP contribution in [0.2, 0.25) is 0 Å². The van der Waals surface area contributed by atoms with E-state index < -0.39 is 371 Å². The van der Waals surface area contributed by atoms with Gasteiger partial charge in [0.2, 0.25) is 166 Å². The monoisotopic (exact) mass is 2540 g/mol. The van der Waals surface area contributed by atoms with Gasteiger partial charge in [0.25, 0.3) is 0 Å². The molecule has 0 aliphatic carbocycles. The molecule has 106 heteroatoms. The SMILES string of the molecule is CC(C)(C)CCOC1O[C@H](COS(=O)(=O)[O-])[C@@H](OS(=O)(=O)[O-])[C@H](O[C@@H]2O[C@H](COS(=O)(=O)[O-])[C@@H](OS(=O)(=O)[O-])[C@H](O[C@@H]3O[C@H](COS(=O)(=O)[O-])[C@@H](OS(=O)(=O)[O-])[C@H](O[C@@H]4O[C@H](COS(=O)(=O)[O-])[C@@H](OS(=O)(=O)[O-])[C@H](O[C@@H]5O[C@H](COS(=O)(=O)[O-])[C@@H](OS(=O)(=O)[O-])[C@H](OS(=O)(=O)[O-])[C@H]5OS(=O)(=O)[O-])[C@H]4OS(=O)(=O)[O-])[C@H]3OS(=O)(=O)[O-])[C@H]2OS(=O)(=O)[O-])[C@H]1OS(=O)(=O)[O-].[Na+].[Na+].[Na+].[Na+].[Na+].[Na+].[Na+].[Na+].[Na+].[Na+].[Na+].[Na+].[Na+].[Na+].[Na+].[Na+]. The van der Waals surface area contributed by atoms with E-state index in [0.29, 0.717) is 0 Å². The third kappa shape index (κ3) is 72.8. The smallest absolute Gasteiger partial charge is 0.726 e. The summed E-state index contributed by atoms with van der Waals surface area (Å²) in [6.07, 6.45) is -101. The van der Waals surface area contributed by atoms with Gasteiger partial charge in [0.05, 0.1) is 39.6 Å². The third-order valence-electron chi connectivity index (χ3n) is 14.7. The van der Waals surface area contributed by atoms with E-state index in [-0.39, 0.29) is 473 Å². The molecule has 5 fully saturated rings. The van der Waals surface area contributed by atoms with E-state index in [1.807, 2.05) is 0 Å². The largest absolute Gasteiger partial charge is 1.00 e. The minimum Gasteiger partial charge on any atom is -0.726 e. The van der Waals surface area contributed by atoms with Gasteiger partial charge in [-0.3, -0.25) is 66.9 Å². The maximum Gasteiger partial charge on any atom is 1.00 e. The summed E-state index contributed by atoms with van der Waals surface area (Å²) in [6, 6.07) is 0. The molecule has 0 amide bonds. The zero-order valence-electron chi connectivity index (χ0n) is 75.6. The van der Waals surface area contributed by atoms with Gasteiger partial charge in [0, 0.05) is 0 Å².